The molecule has 16 heavy (non-hydrogen) atoms. The van der Waals surface area contributed by atoms with Gasteiger partial charge in [-0.25, -0.2) is 9.78 Å². The van der Waals surface area contributed by atoms with Crippen LogP contribution in [0.4, 0.5) is 5.69 Å². The third kappa shape index (κ3) is 1.67. The highest BCUT2D eigenvalue weighted by Gasteiger charge is 2.12. The van der Waals surface area contributed by atoms with Crippen molar-refractivity contribution >= 4 is 38.5 Å². The third-order valence-electron chi connectivity index (χ3n) is 2.10. The largest absolute Gasteiger partial charge is 0.507 e. The van der Waals surface area contributed by atoms with E-state index in [2.05, 4.69) is 20.9 Å². The number of aromatic hydroxyl groups is 1. The van der Waals surface area contributed by atoms with Crippen molar-refractivity contribution in [2.45, 2.75) is 0 Å². The lowest BCUT2D eigenvalue weighted by atomic mass is 10.1. The lowest BCUT2D eigenvalue weighted by molar-refractivity contribution is 0.0690. The quantitative estimate of drug-likeness (QED) is 0.695. The summed E-state index contributed by atoms with van der Waals surface area (Å²) in [7, 11) is 0. The number of hydrogen-bond donors (Lipinski definition) is 3. The first-order valence-electron chi connectivity index (χ1n) is 4.31. The minimum absolute atomic E-state index is 0.157. The Hall–Kier alpha value is -1.82. The molecule has 82 valence electrons. The van der Waals surface area contributed by atoms with Gasteiger partial charge in [-0.2, -0.15) is 0 Å². The molecule has 0 bridgehead atoms. The summed E-state index contributed by atoms with van der Waals surface area (Å²) in [6.45, 7) is 0. The van der Waals surface area contributed by atoms with Crippen LogP contribution in [0.15, 0.2) is 22.7 Å². The maximum atomic E-state index is 10.8. The Balaban J connectivity index is 2.87. The van der Waals surface area contributed by atoms with E-state index in [0.29, 0.717) is 15.5 Å². The first-order valence-corrected chi connectivity index (χ1v) is 5.10. The molecule has 2 rings (SSSR count). The number of carboxylic acid groups (broad SMARTS) is 1. The van der Waals surface area contributed by atoms with E-state index in [4.69, 9.17) is 10.8 Å². The van der Waals surface area contributed by atoms with Gasteiger partial charge in [-0.3, -0.25) is 0 Å². The second kappa shape index (κ2) is 3.64. The summed E-state index contributed by atoms with van der Waals surface area (Å²) in [6.07, 6.45) is 0. The lowest BCUT2D eigenvalue weighted by Crippen LogP contribution is -2.01. The number of anilines is 1. The van der Waals surface area contributed by atoms with Crippen LogP contribution in [-0.4, -0.2) is 21.2 Å². The maximum absolute atomic E-state index is 10.8. The molecule has 0 unspecified atom stereocenters. The molecule has 1 aromatic heterocycles. The minimum Gasteiger partial charge on any atom is -0.507 e. The van der Waals surface area contributed by atoms with E-state index in [9.17, 15) is 9.90 Å². The van der Waals surface area contributed by atoms with Crippen molar-refractivity contribution in [3.05, 3.63) is 28.4 Å². The summed E-state index contributed by atoms with van der Waals surface area (Å²) in [5.41, 5.74) is 6.05. The average Bonchev–Trinajstić information content (AvgIpc) is 2.19. The highest BCUT2D eigenvalue weighted by atomic mass is 79.9. The standard InChI is InChI=1S/C10H7BrN2O3/c11-4-1-5-8(14)3-7(10(15)16)13-9(5)6(12)2-4/h1-3H,12H2,(H,13,14)(H,15,16). The molecular weight excluding hydrogens is 276 g/mol. The van der Waals surface area contributed by atoms with Crippen molar-refractivity contribution in [1.29, 1.82) is 0 Å². The number of rotatable bonds is 1. The first kappa shape index (κ1) is 10.7. The summed E-state index contributed by atoms with van der Waals surface area (Å²) in [6, 6.07) is 4.32. The zero-order valence-electron chi connectivity index (χ0n) is 7.94. The van der Waals surface area contributed by atoms with E-state index in [1.807, 2.05) is 0 Å². The fourth-order valence-electron chi connectivity index (χ4n) is 1.41. The second-order valence-corrected chi connectivity index (χ2v) is 4.14. The third-order valence-corrected chi connectivity index (χ3v) is 2.56. The fraction of sp³-hybridized carbons (Fsp3) is 0. The van der Waals surface area contributed by atoms with Gasteiger partial charge in [0.05, 0.1) is 11.2 Å². The van der Waals surface area contributed by atoms with E-state index in [1.165, 1.54) is 0 Å². The predicted molar refractivity (Wildman–Crippen MR) is 62.5 cm³/mol. The number of fused-ring (bicyclic) bond motifs is 1. The minimum atomic E-state index is -1.21. The molecule has 6 heteroatoms. The van der Waals surface area contributed by atoms with Crippen LogP contribution in [0.5, 0.6) is 5.75 Å². The molecule has 0 saturated carbocycles. The second-order valence-electron chi connectivity index (χ2n) is 3.22. The number of hydrogen-bond acceptors (Lipinski definition) is 4. The number of aromatic nitrogens is 1. The van der Waals surface area contributed by atoms with Crippen LogP contribution in [0.3, 0.4) is 0 Å². The van der Waals surface area contributed by atoms with Crippen LogP contribution in [-0.2, 0) is 0 Å². The highest BCUT2D eigenvalue weighted by molar-refractivity contribution is 9.10. The van der Waals surface area contributed by atoms with Gasteiger partial charge in [-0.05, 0) is 12.1 Å². The normalized spacial score (nSPS) is 10.6. The zero-order chi connectivity index (χ0) is 11.9. The molecule has 0 aliphatic heterocycles. The Bertz CT molecular complexity index is 598. The van der Waals surface area contributed by atoms with Crippen LogP contribution < -0.4 is 5.73 Å². The van der Waals surface area contributed by atoms with Gasteiger partial charge in [0.15, 0.2) is 5.69 Å². The van der Waals surface area contributed by atoms with Crippen LogP contribution in [0, 0.1) is 0 Å². The summed E-state index contributed by atoms with van der Waals surface area (Å²) in [5.74, 6) is -1.37. The van der Waals surface area contributed by atoms with E-state index < -0.39 is 5.97 Å². The Labute approximate surface area is 98.7 Å². The Kier molecular flexibility index (Phi) is 2.43. The number of nitrogen functional groups attached to an aromatic ring is 1. The molecule has 1 aromatic carbocycles. The van der Waals surface area contributed by atoms with Crippen molar-refractivity contribution in [3.63, 3.8) is 0 Å². The fourth-order valence-corrected chi connectivity index (χ4v) is 1.89. The monoisotopic (exact) mass is 282 g/mol. The van der Waals surface area contributed by atoms with Crippen LogP contribution >= 0.6 is 15.9 Å². The number of pyridine rings is 1. The van der Waals surface area contributed by atoms with Gasteiger partial charge in [0, 0.05) is 15.9 Å². The van der Waals surface area contributed by atoms with Crippen molar-refractivity contribution in [2.24, 2.45) is 0 Å². The molecule has 0 aliphatic rings. The number of aromatic carboxylic acids is 1. The van der Waals surface area contributed by atoms with Crippen LogP contribution in [0.25, 0.3) is 10.9 Å². The molecule has 0 spiro atoms. The van der Waals surface area contributed by atoms with Gasteiger partial charge in [0.25, 0.3) is 0 Å². The predicted octanol–water partition coefficient (Wildman–Crippen LogP) is 1.98. The van der Waals surface area contributed by atoms with Gasteiger partial charge in [-0.1, -0.05) is 15.9 Å². The molecule has 4 N–H and O–H groups in total. The molecule has 0 saturated heterocycles. The van der Waals surface area contributed by atoms with E-state index >= 15 is 0 Å². The number of benzene rings is 1. The van der Waals surface area contributed by atoms with E-state index in [0.717, 1.165) is 6.07 Å². The number of carboxylic acids is 1. The lowest BCUT2D eigenvalue weighted by Gasteiger charge is -2.05. The van der Waals surface area contributed by atoms with Crippen LogP contribution in [0.2, 0.25) is 0 Å². The van der Waals surface area contributed by atoms with E-state index in [-0.39, 0.29) is 17.0 Å². The Morgan fingerprint density at radius 2 is 2.06 bits per heavy atom. The topological polar surface area (TPSA) is 96.4 Å². The highest BCUT2D eigenvalue weighted by Crippen LogP contribution is 2.31. The molecule has 5 nitrogen and oxygen atoms in total. The molecule has 0 atom stereocenters. The van der Waals surface area contributed by atoms with Gasteiger partial charge in [0.1, 0.15) is 5.75 Å². The van der Waals surface area contributed by atoms with Crippen molar-refractivity contribution in [3.8, 4) is 5.75 Å². The summed E-state index contributed by atoms with van der Waals surface area (Å²) in [5, 5.41) is 18.9. The Morgan fingerprint density at radius 1 is 1.38 bits per heavy atom. The average molecular weight is 283 g/mol. The molecule has 2 aromatic rings. The van der Waals surface area contributed by atoms with Crippen LogP contribution in [0.1, 0.15) is 10.5 Å². The van der Waals surface area contributed by atoms with Gasteiger partial charge >= 0.3 is 5.97 Å². The SMILES string of the molecule is Nc1cc(Br)cc2c(O)cc(C(=O)O)nc12. The summed E-state index contributed by atoms with van der Waals surface area (Å²) >= 11 is 3.23. The first-order chi connectivity index (χ1) is 7.49. The number of nitrogens with zero attached hydrogens (tertiary/aromatic N) is 1. The number of carbonyl (C=O) groups is 1. The van der Waals surface area contributed by atoms with Gasteiger partial charge in [-0.15, -0.1) is 0 Å². The van der Waals surface area contributed by atoms with Crippen molar-refractivity contribution in [2.75, 3.05) is 5.73 Å². The molecule has 0 radical (unpaired) electrons. The number of nitrogens with two attached hydrogens (primary N) is 1. The molecule has 0 aliphatic carbocycles. The maximum Gasteiger partial charge on any atom is 0.354 e. The molecule has 0 amide bonds. The summed E-state index contributed by atoms with van der Waals surface area (Å²) in [4.78, 5) is 14.6. The zero-order valence-corrected chi connectivity index (χ0v) is 9.52. The number of halogens is 1. The molecule has 1 heterocycles. The van der Waals surface area contributed by atoms with Crippen molar-refractivity contribution in [1.82, 2.24) is 4.98 Å². The van der Waals surface area contributed by atoms with Crippen molar-refractivity contribution < 1.29 is 15.0 Å². The Morgan fingerprint density at radius 3 is 2.69 bits per heavy atom. The summed E-state index contributed by atoms with van der Waals surface area (Å²) < 4.78 is 0.692. The van der Waals surface area contributed by atoms with Gasteiger partial charge in [0.2, 0.25) is 0 Å². The smallest absolute Gasteiger partial charge is 0.354 e. The van der Waals surface area contributed by atoms with Gasteiger partial charge < -0.3 is 15.9 Å². The molecule has 0 fully saturated rings. The van der Waals surface area contributed by atoms with E-state index in [1.54, 1.807) is 12.1 Å². The molecular formula is C10H7BrN2O3.